The molecule has 0 spiro atoms. The van der Waals surface area contributed by atoms with E-state index in [1.54, 1.807) is 16.7 Å². The van der Waals surface area contributed by atoms with Crippen LogP contribution in [0.1, 0.15) is 12.8 Å². The zero-order chi connectivity index (χ0) is 13.7. The molecule has 2 heterocycles. The van der Waals surface area contributed by atoms with Crippen LogP contribution in [0.4, 0.5) is 0 Å². The standard InChI is InChI=1S/C12H20N2O4S/c15-11(13-9-1-4-18-5-2-9)7-14-3-6-19-8-10(14)12(16)17/h9-10H,1-8H2,(H,13,15)(H,16,17). The molecule has 19 heavy (non-hydrogen) atoms. The quantitative estimate of drug-likeness (QED) is 0.745. The molecule has 7 heteroatoms. The van der Waals surface area contributed by atoms with Crippen molar-refractivity contribution in [2.75, 3.05) is 37.8 Å². The van der Waals surface area contributed by atoms with Crippen LogP contribution in [0, 0.1) is 0 Å². The lowest BCUT2D eigenvalue weighted by Crippen LogP contribution is -2.52. The van der Waals surface area contributed by atoms with Gasteiger partial charge >= 0.3 is 5.97 Å². The molecule has 108 valence electrons. The van der Waals surface area contributed by atoms with Crippen molar-refractivity contribution in [1.82, 2.24) is 10.2 Å². The van der Waals surface area contributed by atoms with Crippen LogP contribution in [0.5, 0.6) is 0 Å². The number of carbonyl (C=O) groups is 2. The first-order chi connectivity index (χ1) is 9.16. The molecule has 2 rings (SSSR count). The molecule has 1 atom stereocenters. The first-order valence-electron chi connectivity index (χ1n) is 6.58. The number of nitrogens with zero attached hydrogens (tertiary/aromatic N) is 1. The van der Waals surface area contributed by atoms with Gasteiger partial charge in [0.2, 0.25) is 5.91 Å². The molecule has 0 aliphatic carbocycles. The van der Waals surface area contributed by atoms with Crippen LogP contribution in [0.25, 0.3) is 0 Å². The molecule has 2 aliphatic rings. The van der Waals surface area contributed by atoms with Crippen LogP contribution in [0.2, 0.25) is 0 Å². The van der Waals surface area contributed by atoms with Crippen molar-refractivity contribution in [1.29, 1.82) is 0 Å². The number of carbonyl (C=O) groups excluding carboxylic acids is 1. The summed E-state index contributed by atoms with van der Waals surface area (Å²) in [6.07, 6.45) is 1.67. The van der Waals surface area contributed by atoms with Gasteiger partial charge in [-0.1, -0.05) is 0 Å². The molecule has 0 bridgehead atoms. The number of hydrogen-bond acceptors (Lipinski definition) is 5. The van der Waals surface area contributed by atoms with Crippen molar-refractivity contribution in [2.45, 2.75) is 24.9 Å². The molecule has 0 aromatic heterocycles. The summed E-state index contributed by atoms with van der Waals surface area (Å²) in [5, 5.41) is 12.1. The number of carboxylic acids is 1. The first-order valence-corrected chi connectivity index (χ1v) is 7.74. The smallest absolute Gasteiger partial charge is 0.321 e. The summed E-state index contributed by atoms with van der Waals surface area (Å²) in [4.78, 5) is 24.8. The topological polar surface area (TPSA) is 78.9 Å². The summed E-state index contributed by atoms with van der Waals surface area (Å²) < 4.78 is 5.24. The van der Waals surface area contributed by atoms with Gasteiger partial charge < -0.3 is 15.2 Å². The summed E-state index contributed by atoms with van der Waals surface area (Å²) in [6, 6.07) is -0.372. The van der Waals surface area contributed by atoms with E-state index in [4.69, 9.17) is 9.84 Å². The lowest BCUT2D eigenvalue weighted by Gasteiger charge is -2.32. The Labute approximate surface area is 116 Å². The number of carboxylic acid groups (broad SMARTS) is 1. The van der Waals surface area contributed by atoms with Crippen LogP contribution in [-0.4, -0.2) is 71.8 Å². The number of rotatable bonds is 4. The molecule has 0 aromatic rings. The van der Waals surface area contributed by atoms with Crippen LogP contribution in [-0.2, 0) is 14.3 Å². The third-order valence-corrected chi connectivity index (χ3v) is 4.48. The Morgan fingerprint density at radius 2 is 2.11 bits per heavy atom. The molecular weight excluding hydrogens is 268 g/mol. The summed E-state index contributed by atoms with van der Waals surface area (Å²) >= 11 is 1.63. The fourth-order valence-corrected chi connectivity index (χ4v) is 3.46. The van der Waals surface area contributed by atoms with E-state index in [2.05, 4.69) is 5.32 Å². The van der Waals surface area contributed by atoms with Crippen molar-refractivity contribution < 1.29 is 19.4 Å². The lowest BCUT2D eigenvalue weighted by atomic mass is 10.1. The highest BCUT2D eigenvalue weighted by Gasteiger charge is 2.30. The Balaban J connectivity index is 1.80. The number of aliphatic carboxylic acids is 1. The fraction of sp³-hybridized carbons (Fsp3) is 0.833. The van der Waals surface area contributed by atoms with Gasteiger partial charge in [0.25, 0.3) is 0 Å². The summed E-state index contributed by atoms with van der Waals surface area (Å²) in [5.74, 6) is 0.518. The van der Waals surface area contributed by atoms with Gasteiger partial charge in [-0.15, -0.1) is 0 Å². The Bertz CT molecular complexity index is 334. The predicted octanol–water partition coefficient (Wildman–Crippen LogP) is -0.216. The van der Waals surface area contributed by atoms with Crippen LogP contribution in [0.15, 0.2) is 0 Å². The van der Waals surface area contributed by atoms with Crippen LogP contribution in [0.3, 0.4) is 0 Å². The van der Waals surface area contributed by atoms with Gasteiger partial charge in [-0.3, -0.25) is 14.5 Å². The SMILES string of the molecule is O=C(CN1CCSCC1C(=O)O)NC1CCOCC1. The van der Waals surface area contributed by atoms with Crippen molar-refractivity contribution in [3.63, 3.8) is 0 Å². The second-order valence-electron chi connectivity index (χ2n) is 4.85. The maximum atomic E-state index is 12.0. The maximum absolute atomic E-state index is 12.0. The lowest BCUT2D eigenvalue weighted by molar-refractivity contribution is -0.143. The van der Waals surface area contributed by atoms with Crippen molar-refractivity contribution in [3.05, 3.63) is 0 Å². The van der Waals surface area contributed by atoms with Crippen LogP contribution >= 0.6 is 11.8 Å². The summed E-state index contributed by atoms with van der Waals surface area (Å²) in [5.41, 5.74) is 0. The zero-order valence-corrected chi connectivity index (χ0v) is 11.7. The summed E-state index contributed by atoms with van der Waals surface area (Å²) in [6.45, 7) is 2.20. The minimum atomic E-state index is -0.842. The molecule has 0 saturated carbocycles. The molecule has 2 saturated heterocycles. The summed E-state index contributed by atoms with van der Waals surface area (Å²) in [7, 11) is 0. The highest BCUT2D eigenvalue weighted by molar-refractivity contribution is 7.99. The van der Waals surface area contributed by atoms with Crippen LogP contribution < -0.4 is 5.32 Å². The van der Waals surface area contributed by atoms with Gasteiger partial charge in [0, 0.05) is 37.3 Å². The van der Waals surface area contributed by atoms with Gasteiger partial charge in [0.05, 0.1) is 6.54 Å². The predicted molar refractivity (Wildman–Crippen MR) is 72.3 cm³/mol. The third kappa shape index (κ3) is 4.36. The van der Waals surface area contributed by atoms with E-state index < -0.39 is 12.0 Å². The Kier molecular flexibility index (Phi) is 5.47. The number of nitrogens with one attached hydrogen (secondary N) is 1. The Morgan fingerprint density at radius 1 is 1.37 bits per heavy atom. The van der Waals surface area contributed by atoms with Crippen molar-refractivity contribution >= 4 is 23.6 Å². The second kappa shape index (κ2) is 7.12. The molecule has 1 amide bonds. The monoisotopic (exact) mass is 288 g/mol. The zero-order valence-electron chi connectivity index (χ0n) is 10.8. The normalized spacial score (nSPS) is 26.0. The number of hydrogen-bond donors (Lipinski definition) is 2. The third-order valence-electron chi connectivity index (χ3n) is 3.46. The van der Waals surface area contributed by atoms with E-state index in [-0.39, 0.29) is 18.5 Å². The first kappa shape index (κ1) is 14.6. The highest BCUT2D eigenvalue weighted by Crippen LogP contribution is 2.16. The van der Waals surface area contributed by atoms with E-state index in [9.17, 15) is 9.59 Å². The van der Waals surface area contributed by atoms with Crippen molar-refractivity contribution in [2.24, 2.45) is 0 Å². The van der Waals surface area contributed by atoms with Gasteiger partial charge in [-0.2, -0.15) is 11.8 Å². The molecule has 2 N–H and O–H groups in total. The number of amides is 1. The average molecular weight is 288 g/mol. The van der Waals surface area contributed by atoms with E-state index >= 15 is 0 Å². The maximum Gasteiger partial charge on any atom is 0.321 e. The van der Waals surface area contributed by atoms with Crippen molar-refractivity contribution in [3.8, 4) is 0 Å². The van der Waals surface area contributed by atoms with E-state index in [0.717, 1.165) is 18.6 Å². The Hall–Kier alpha value is -0.790. The molecule has 1 unspecified atom stereocenters. The molecule has 2 aliphatic heterocycles. The highest BCUT2D eigenvalue weighted by atomic mass is 32.2. The number of ether oxygens (including phenoxy) is 1. The number of thioether (sulfide) groups is 1. The van der Waals surface area contributed by atoms with E-state index in [1.807, 2.05) is 0 Å². The fourth-order valence-electron chi connectivity index (χ4n) is 2.35. The van der Waals surface area contributed by atoms with Gasteiger partial charge in [0.15, 0.2) is 0 Å². The molecule has 2 fully saturated rings. The Morgan fingerprint density at radius 3 is 2.79 bits per heavy atom. The molecule has 0 aromatic carbocycles. The van der Waals surface area contributed by atoms with Gasteiger partial charge in [-0.25, -0.2) is 0 Å². The second-order valence-corrected chi connectivity index (χ2v) is 6.00. The molecular formula is C12H20N2O4S. The minimum absolute atomic E-state index is 0.0787. The average Bonchev–Trinajstić information content (AvgIpc) is 2.40. The van der Waals surface area contributed by atoms with E-state index in [0.29, 0.717) is 25.5 Å². The van der Waals surface area contributed by atoms with Gasteiger partial charge in [-0.05, 0) is 12.8 Å². The molecule has 0 radical (unpaired) electrons. The molecule has 6 nitrogen and oxygen atoms in total. The van der Waals surface area contributed by atoms with Gasteiger partial charge in [0.1, 0.15) is 6.04 Å². The largest absolute Gasteiger partial charge is 0.480 e. The minimum Gasteiger partial charge on any atom is -0.480 e. The van der Waals surface area contributed by atoms with E-state index in [1.165, 1.54) is 0 Å².